The van der Waals surface area contributed by atoms with Gasteiger partial charge in [-0.25, -0.2) is 0 Å². The zero-order valence-corrected chi connectivity index (χ0v) is 10.3. The maximum Gasteiger partial charge on any atom is 0.132 e. The summed E-state index contributed by atoms with van der Waals surface area (Å²) in [5.41, 5.74) is 0.214. The maximum absolute atomic E-state index is 11.0. The normalized spacial score (nSPS) is 14.1. The number of carbonyl (C=O) groups excluding carboxylic acids is 1. The summed E-state index contributed by atoms with van der Waals surface area (Å²) in [4.78, 5) is 11.0. The Labute approximate surface area is 88.5 Å². The smallest absolute Gasteiger partial charge is 0.132 e. The van der Waals surface area contributed by atoms with Crippen LogP contribution in [-0.4, -0.2) is 17.9 Å². The van der Waals surface area contributed by atoms with E-state index >= 15 is 0 Å². The van der Waals surface area contributed by atoms with Crippen molar-refractivity contribution < 1.29 is 4.79 Å². The van der Waals surface area contributed by atoms with Crippen molar-refractivity contribution in [3.8, 4) is 0 Å². The highest BCUT2D eigenvalue weighted by Crippen LogP contribution is 2.08. The number of ketones is 1. The lowest BCUT2D eigenvalue weighted by Gasteiger charge is -2.20. The van der Waals surface area contributed by atoms with E-state index in [4.69, 9.17) is 0 Å². The highest BCUT2D eigenvalue weighted by molar-refractivity contribution is 5.77. The summed E-state index contributed by atoms with van der Waals surface area (Å²) < 4.78 is 0. The molecule has 0 saturated carbocycles. The van der Waals surface area contributed by atoms with Crippen molar-refractivity contribution in [1.82, 2.24) is 5.32 Å². The van der Waals surface area contributed by atoms with Crippen LogP contribution in [0.1, 0.15) is 53.9 Å². The minimum atomic E-state index is 0.214. The average molecular weight is 199 g/mol. The van der Waals surface area contributed by atoms with Gasteiger partial charge in [-0.1, -0.05) is 13.3 Å². The van der Waals surface area contributed by atoms with E-state index < -0.39 is 0 Å². The molecule has 0 heterocycles. The Morgan fingerprint density at radius 1 is 1.29 bits per heavy atom. The van der Waals surface area contributed by atoms with Crippen molar-refractivity contribution in [2.24, 2.45) is 5.92 Å². The molecule has 0 aromatic heterocycles. The lowest BCUT2D eigenvalue weighted by molar-refractivity contribution is -0.120. The first kappa shape index (κ1) is 13.6. The fourth-order valence-corrected chi connectivity index (χ4v) is 1.24. The zero-order valence-electron chi connectivity index (χ0n) is 10.3. The van der Waals surface area contributed by atoms with Crippen LogP contribution in [0.25, 0.3) is 0 Å². The van der Waals surface area contributed by atoms with E-state index in [1.807, 2.05) is 6.92 Å². The van der Waals surface area contributed by atoms with Gasteiger partial charge in [0.1, 0.15) is 5.78 Å². The van der Waals surface area contributed by atoms with Crippen LogP contribution in [0.3, 0.4) is 0 Å². The quantitative estimate of drug-likeness (QED) is 0.666. The molecule has 0 aromatic rings. The summed E-state index contributed by atoms with van der Waals surface area (Å²) in [5, 5.41) is 3.44. The first-order chi connectivity index (χ1) is 6.33. The Kier molecular flexibility index (Phi) is 6.01. The third kappa shape index (κ3) is 8.24. The van der Waals surface area contributed by atoms with Crippen LogP contribution < -0.4 is 5.32 Å². The van der Waals surface area contributed by atoms with Crippen molar-refractivity contribution in [2.75, 3.05) is 6.54 Å². The second kappa shape index (κ2) is 6.18. The summed E-state index contributed by atoms with van der Waals surface area (Å²) in [6.45, 7) is 11.3. The minimum Gasteiger partial charge on any atom is -0.312 e. The van der Waals surface area contributed by atoms with Crippen molar-refractivity contribution in [1.29, 1.82) is 0 Å². The van der Waals surface area contributed by atoms with Crippen molar-refractivity contribution in [3.05, 3.63) is 0 Å². The van der Waals surface area contributed by atoms with Crippen LogP contribution in [0.5, 0.6) is 0 Å². The molecule has 0 saturated heterocycles. The van der Waals surface area contributed by atoms with Crippen LogP contribution in [0, 0.1) is 5.92 Å². The Morgan fingerprint density at radius 3 is 2.29 bits per heavy atom. The van der Waals surface area contributed by atoms with Crippen molar-refractivity contribution in [2.45, 2.75) is 59.4 Å². The summed E-state index contributed by atoms with van der Waals surface area (Å²) in [7, 11) is 0. The second-order valence-corrected chi connectivity index (χ2v) is 5.18. The molecular formula is C12H25NO. The summed E-state index contributed by atoms with van der Waals surface area (Å²) in [6, 6.07) is 0. The van der Waals surface area contributed by atoms with Crippen molar-refractivity contribution >= 4 is 5.78 Å². The standard InChI is InChI=1S/C12H25NO/c1-10(11(2)14)8-6-7-9-13-12(3,4)5/h10,13H,6-9H2,1-5H3. The molecule has 2 nitrogen and oxygen atoms in total. The molecular weight excluding hydrogens is 174 g/mol. The van der Waals surface area contributed by atoms with Gasteiger partial charge >= 0.3 is 0 Å². The average Bonchev–Trinajstić information content (AvgIpc) is 2.01. The van der Waals surface area contributed by atoms with E-state index in [0.717, 1.165) is 25.8 Å². The van der Waals surface area contributed by atoms with E-state index in [-0.39, 0.29) is 11.5 Å². The highest BCUT2D eigenvalue weighted by atomic mass is 16.1. The molecule has 0 aliphatic heterocycles. The molecule has 0 fully saturated rings. The van der Waals surface area contributed by atoms with Gasteiger partial charge in [-0.2, -0.15) is 0 Å². The first-order valence-corrected chi connectivity index (χ1v) is 5.58. The maximum atomic E-state index is 11.0. The monoisotopic (exact) mass is 199 g/mol. The SMILES string of the molecule is CC(=O)C(C)CCCCNC(C)(C)C. The molecule has 84 valence electrons. The van der Waals surface area contributed by atoms with Gasteiger partial charge in [0.2, 0.25) is 0 Å². The lowest BCUT2D eigenvalue weighted by Crippen LogP contribution is -2.36. The van der Waals surface area contributed by atoms with E-state index in [9.17, 15) is 4.79 Å². The Balaban J connectivity index is 3.35. The number of carbonyl (C=O) groups is 1. The molecule has 0 aliphatic rings. The van der Waals surface area contributed by atoms with Gasteiger partial charge in [0.05, 0.1) is 0 Å². The number of nitrogens with one attached hydrogen (secondary N) is 1. The van der Waals surface area contributed by atoms with Gasteiger partial charge < -0.3 is 5.32 Å². The van der Waals surface area contributed by atoms with Crippen molar-refractivity contribution in [3.63, 3.8) is 0 Å². The molecule has 0 radical (unpaired) electrons. The van der Waals surface area contributed by atoms with Gasteiger partial charge in [0.15, 0.2) is 0 Å². The van der Waals surface area contributed by atoms with E-state index in [1.165, 1.54) is 0 Å². The third-order valence-corrected chi connectivity index (χ3v) is 2.41. The lowest BCUT2D eigenvalue weighted by atomic mass is 10.0. The molecule has 1 unspecified atom stereocenters. The molecule has 0 spiro atoms. The Bertz CT molecular complexity index is 170. The third-order valence-electron chi connectivity index (χ3n) is 2.41. The fraction of sp³-hybridized carbons (Fsp3) is 0.917. The number of hydrogen-bond donors (Lipinski definition) is 1. The van der Waals surface area contributed by atoms with Gasteiger partial charge in [0, 0.05) is 11.5 Å². The summed E-state index contributed by atoms with van der Waals surface area (Å²) >= 11 is 0. The van der Waals surface area contributed by atoms with Crippen LogP contribution in [0.4, 0.5) is 0 Å². The number of Topliss-reactive ketones (excluding diaryl/α,β-unsaturated/α-hetero) is 1. The zero-order chi connectivity index (χ0) is 11.2. The number of rotatable bonds is 6. The highest BCUT2D eigenvalue weighted by Gasteiger charge is 2.09. The molecule has 1 N–H and O–H groups in total. The summed E-state index contributed by atoms with van der Waals surface area (Å²) in [6.07, 6.45) is 3.33. The number of hydrogen-bond acceptors (Lipinski definition) is 2. The molecule has 0 aromatic carbocycles. The second-order valence-electron chi connectivity index (χ2n) is 5.18. The van der Waals surface area contributed by atoms with Crippen LogP contribution >= 0.6 is 0 Å². The fourth-order valence-electron chi connectivity index (χ4n) is 1.24. The Morgan fingerprint density at radius 2 is 1.86 bits per heavy atom. The molecule has 1 atom stereocenters. The molecule has 2 heteroatoms. The first-order valence-electron chi connectivity index (χ1n) is 5.58. The Hall–Kier alpha value is -0.370. The predicted octanol–water partition coefficient (Wildman–Crippen LogP) is 2.77. The number of unbranched alkanes of at least 4 members (excludes halogenated alkanes) is 1. The minimum absolute atomic E-state index is 0.214. The molecule has 14 heavy (non-hydrogen) atoms. The van der Waals surface area contributed by atoms with E-state index in [0.29, 0.717) is 5.78 Å². The summed E-state index contributed by atoms with van der Waals surface area (Å²) in [5.74, 6) is 0.554. The van der Waals surface area contributed by atoms with Gasteiger partial charge in [-0.3, -0.25) is 4.79 Å². The van der Waals surface area contributed by atoms with E-state index in [1.54, 1.807) is 6.92 Å². The predicted molar refractivity (Wildman–Crippen MR) is 61.5 cm³/mol. The van der Waals surface area contributed by atoms with Crippen LogP contribution in [0.15, 0.2) is 0 Å². The molecule has 0 rings (SSSR count). The molecule has 0 amide bonds. The molecule has 0 aliphatic carbocycles. The van der Waals surface area contributed by atoms with Crippen LogP contribution in [0.2, 0.25) is 0 Å². The largest absolute Gasteiger partial charge is 0.312 e. The molecule has 0 bridgehead atoms. The van der Waals surface area contributed by atoms with E-state index in [2.05, 4.69) is 26.1 Å². The topological polar surface area (TPSA) is 29.1 Å². The van der Waals surface area contributed by atoms with Crippen LogP contribution in [-0.2, 0) is 4.79 Å². The van der Waals surface area contributed by atoms with Gasteiger partial charge in [-0.15, -0.1) is 0 Å². The van der Waals surface area contributed by atoms with Gasteiger partial charge in [-0.05, 0) is 47.1 Å². The van der Waals surface area contributed by atoms with Gasteiger partial charge in [0.25, 0.3) is 0 Å².